The minimum Gasteiger partial charge on any atom is -0.380 e. The summed E-state index contributed by atoms with van der Waals surface area (Å²) in [4.78, 5) is 0. The van der Waals surface area contributed by atoms with E-state index >= 15 is 0 Å². The molecule has 0 aromatic heterocycles. The van der Waals surface area contributed by atoms with Crippen LogP contribution in [0.5, 0.6) is 0 Å². The minimum absolute atomic E-state index is 0.325. The molecule has 3 heteroatoms. The van der Waals surface area contributed by atoms with Crippen LogP contribution in [-0.2, 0) is 0 Å². The molecule has 0 radical (unpaired) electrons. The fraction of sp³-hybridized carbons (Fsp3) is 0.647. The van der Waals surface area contributed by atoms with Crippen LogP contribution in [0.4, 0.5) is 5.69 Å². The summed E-state index contributed by atoms with van der Waals surface area (Å²) >= 11 is 6.15. The van der Waals surface area contributed by atoms with Crippen LogP contribution in [0.15, 0.2) is 24.3 Å². The van der Waals surface area contributed by atoms with Gasteiger partial charge in [0.05, 0.1) is 10.7 Å². The predicted octanol–water partition coefficient (Wildman–Crippen LogP) is 5.22. The molecule has 2 nitrogen and oxygen atoms in total. The highest BCUT2D eigenvalue weighted by Gasteiger charge is 2.07. The lowest BCUT2D eigenvalue weighted by Crippen LogP contribution is -2.28. The zero-order valence-electron chi connectivity index (χ0n) is 12.7. The van der Waals surface area contributed by atoms with Gasteiger partial charge >= 0.3 is 0 Å². The third-order valence-corrected chi connectivity index (χ3v) is 4.00. The van der Waals surface area contributed by atoms with Crippen molar-refractivity contribution in [3.05, 3.63) is 29.3 Å². The van der Waals surface area contributed by atoms with E-state index in [-0.39, 0.29) is 0 Å². The number of nitrogens with two attached hydrogens (primary N) is 1. The minimum atomic E-state index is 0.325. The third-order valence-electron chi connectivity index (χ3n) is 3.67. The van der Waals surface area contributed by atoms with Crippen LogP contribution in [0, 0.1) is 0 Å². The molecule has 1 unspecified atom stereocenters. The molecule has 3 N–H and O–H groups in total. The lowest BCUT2D eigenvalue weighted by Gasteiger charge is -2.19. The number of para-hydroxylation sites is 1. The summed E-state index contributed by atoms with van der Waals surface area (Å²) in [6, 6.07) is 8.18. The maximum atomic E-state index is 6.15. The summed E-state index contributed by atoms with van der Waals surface area (Å²) in [5.74, 6) is 0. The van der Waals surface area contributed by atoms with Crippen molar-refractivity contribution in [1.82, 2.24) is 0 Å². The molecule has 1 aromatic carbocycles. The third kappa shape index (κ3) is 7.16. The normalized spacial score (nSPS) is 12.3. The van der Waals surface area contributed by atoms with Gasteiger partial charge in [-0.3, -0.25) is 0 Å². The highest BCUT2D eigenvalue weighted by molar-refractivity contribution is 6.33. The molecule has 0 saturated heterocycles. The number of hydrogen-bond donors (Lipinski definition) is 2. The fourth-order valence-electron chi connectivity index (χ4n) is 2.39. The highest BCUT2D eigenvalue weighted by atomic mass is 35.5. The summed E-state index contributed by atoms with van der Waals surface area (Å²) in [6.45, 7) is 2.91. The van der Waals surface area contributed by atoms with Crippen LogP contribution in [-0.4, -0.2) is 12.6 Å². The summed E-state index contributed by atoms with van der Waals surface area (Å²) in [6.07, 6.45) is 10.5. The van der Waals surface area contributed by atoms with Gasteiger partial charge in [-0.2, -0.15) is 0 Å². The molecule has 0 fully saturated rings. The van der Waals surface area contributed by atoms with Crippen LogP contribution in [0.2, 0.25) is 5.02 Å². The molecule has 0 aliphatic carbocycles. The Balaban J connectivity index is 2.18. The molecule has 0 spiro atoms. The Kier molecular flexibility index (Phi) is 9.52. The van der Waals surface area contributed by atoms with Gasteiger partial charge in [0.1, 0.15) is 0 Å². The van der Waals surface area contributed by atoms with Crippen molar-refractivity contribution in [1.29, 1.82) is 0 Å². The average molecular weight is 297 g/mol. The molecular weight excluding hydrogens is 268 g/mol. The van der Waals surface area contributed by atoms with E-state index in [0.717, 1.165) is 17.1 Å². The SMILES string of the molecule is CCCCCCCCCC(CN)Nc1ccccc1Cl. The lowest BCUT2D eigenvalue weighted by molar-refractivity contribution is 0.548. The first-order valence-electron chi connectivity index (χ1n) is 7.99. The van der Waals surface area contributed by atoms with Crippen molar-refractivity contribution in [2.24, 2.45) is 5.73 Å². The Morgan fingerprint density at radius 2 is 1.70 bits per heavy atom. The molecule has 1 aromatic rings. The lowest BCUT2D eigenvalue weighted by atomic mass is 10.0. The van der Waals surface area contributed by atoms with Crippen LogP contribution in [0.25, 0.3) is 0 Å². The number of unbranched alkanes of at least 4 members (excludes halogenated alkanes) is 6. The van der Waals surface area contributed by atoms with Crippen LogP contribution >= 0.6 is 11.6 Å². The van der Waals surface area contributed by atoms with Gasteiger partial charge in [0.15, 0.2) is 0 Å². The zero-order valence-corrected chi connectivity index (χ0v) is 13.5. The molecule has 0 heterocycles. The Hall–Kier alpha value is -0.730. The molecule has 0 amide bonds. The van der Waals surface area contributed by atoms with E-state index in [4.69, 9.17) is 17.3 Å². The second kappa shape index (κ2) is 11.0. The van der Waals surface area contributed by atoms with Crippen LogP contribution in [0.1, 0.15) is 58.3 Å². The molecule has 20 heavy (non-hydrogen) atoms. The van der Waals surface area contributed by atoms with Gasteiger partial charge in [-0.25, -0.2) is 0 Å². The number of hydrogen-bond acceptors (Lipinski definition) is 2. The Bertz CT molecular complexity index is 355. The molecule has 1 atom stereocenters. The van der Waals surface area contributed by atoms with Gasteiger partial charge in [0, 0.05) is 12.6 Å². The van der Waals surface area contributed by atoms with E-state index in [1.807, 2.05) is 24.3 Å². The van der Waals surface area contributed by atoms with Crippen molar-refractivity contribution >= 4 is 17.3 Å². The number of benzene rings is 1. The summed E-state index contributed by atoms with van der Waals surface area (Å²) in [5.41, 5.74) is 6.84. The molecule has 0 aliphatic rings. The van der Waals surface area contributed by atoms with Crippen molar-refractivity contribution in [3.8, 4) is 0 Å². The van der Waals surface area contributed by atoms with Gasteiger partial charge in [0.2, 0.25) is 0 Å². The maximum absolute atomic E-state index is 6.15. The first-order chi connectivity index (χ1) is 9.77. The smallest absolute Gasteiger partial charge is 0.0637 e. The molecule has 0 bridgehead atoms. The van der Waals surface area contributed by atoms with Gasteiger partial charge in [0.25, 0.3) is 0 Å². The van der Waals surface area contributed by atoms with Crippen molar-refractivity contribution in [2.75, 3.05) is 11.9 Å². The second-order valence-corrected chi connectivity index (χ2v) is 5.87. The van der Waals surface area contributed by atoms with Gasteiger partial charge in [-0.15, -0.1) is 0 Å². The van der Waals surface area contributed by atoms with E-state index in [9.17, 15) is 0 Å². The topological polar surface area (TPSA) is 38.0 Å². The van der Waals surface area contributed by atoms with E-state index in [2.05, 4.69) is 12.2 Å². The molecule has 114 valence electrons. The van der Waals surface area contributed by atoms with Crippen molar-refractivity contribution < 1.29 is 0 Å². The predicted molar refractivity (Wildman–Crippen MR) is 90.5 cm³/mol. The number of halogens is 1. The highest BCUT2D eigenvalue weighted by Crippen LogP contribution is 2.22. The number of rotatable bonds is 11. The second-order valence-electron chi connectivity index (χ2n) is 5.47. The molecule has 1 rings (SSSR count). The van der Waals surface area contributed by atoms with Gasteiger partial charge < -0.3 is 11.1 Å². The van der Waals surface area contributed by atoms with E-state index in [0.29, 0.717) is 12.6 Å². The Morgan fingerprint density at radius 1 is 1.05 bits per heavy atom. The van der Waals surface area contributed by atoms with Crippen LogP contribution in [0.3, 0.4) is 0 Å². The zero-order chi connectivity index (χ0) is 14.6. The largest absolute Gasteiger partial charge is 0.380 e. The van der Waals surface area contributed by atoms with Crippen LogP contribution < -0.4 is 11.1 Å². The average Bonchev–Trinajstić information content (AvgIpc) is 2.47. The summed E-state index contributed by atoms with van der Waals surface area (Å²) in [5, 5.41) is 4.22. The van der Waals surface area contributed by atoms with E-state index in [1.54, 1.807) is 0 Å². The van der Waals surface area contributed by atoms with Crippen molar-refractivity contribution in [2.45, 2.75) is 64.3 Å². The number of anilines is 1. The summed E-state index contributed by atoms with van der Waals surface area (Å²) < 4.78 is 0. The van der Waals surface area contributed by atoms with Crippen molar-refractivity contribution in [3.63, 3.8) is 0 Å². The molecule has 0 saturated carbocycles. The van der Waals surface area contributed by atoms with E-state index in [1.165, 1.54) is 44.9 Å². The van der Waals surface area contributed by atoms with E-state index < -0.39 is 0 Å². The van der Waals surface area contributed by atoms with Gasteiger partial charge in [-0.05, 0) is 18.6 Å². The van der Waals surface area contributed by atoms with Gasteiger partial charge in [-0.1, -0.05) is 75.6 Å². The summed E-state index contributed by atoms with van der Waals surface area (Å²) in [7, 11) is 0. The maximum Gasteiger partial charge on any atom is 0.0637 e. The Morgan fingerprint density at radius 3 is 2.35 bits per heavy atom. The Labute approximate surface area is 129 Å². The number of nitrogens with one attached hydrogen (secondary N) is 1. The first kappa shape index (κ1) is 17.3. The monoisotopic (exact) mass is 296 g/mol. The fourth-order valence-corrected chi connectivity index (χ4v) is 2.59. The first-order valence-corrected chi connectivity index (χ1v) is 8.36. The standard InChI is InChI=1S/C17H29ClN2/c1-2-3-4-5-6-7-8-11-15(14-19)20-17-13-10-9-12-16(17)18/h9-10,12-13,15,20H,2-8,11,14,19H2,1H3. The molecule has 0 aliphatic heterocycles. The molecular formula is C17H29ClN2. The quantitative estimate of drug-likeness (QED) is 0.549.